The number of halogens is 1. The van der Waals surface area contributed by atoms with Crippen LogP contribution < -0.4 is 5.32 Å². The average molecular weight is 253 g/mol. The Labute approximate surface area is 103 Å². The summed E-state index contributed by atoms with van der Waals surface area (Å²) in [7, 11) is 0. The van der Waals surface area contributed by atoms with Crippen molar-refractivity contribution in [3.05, 3.63) is 35.6 Å². The molecule has 0 saturated carbocycles. The van der Waals surface area contributed by atoms with Crippen LogP contribution in [0.5, 0.6) is 0 Å². The summed E-state index contributed by atoms with van der Waals surface area (Å²) in [4.78, 5) is 33.1. The zero-order chi connectivity index (χ0) is 13.5. The van der Waals surface area contributed by atoms with Crippen molar-refractivity contribution in [2.24, 2.45) is 0 Å². The molecule has 18 heavy (non-hydrogen) atoms. The van der Waals surface area contributed by atoms with E-state index >= 15 is 0 Å². The van der Waals surface area contributed by atoms with Crippen molar-refractivity contribution in [1.82, 2.24) is 5.32 Å². The molecule has 0 bridgehead atoms. The average Bonchev–Trinajstić information content (AvgIpc) is 2.33. The molecule has 0 radical (unpaired) electrons. The Morgan fingerprint density at radius 3 is 2.67 bits per heavy atom. The number of ketones is 1. The summed E-state index contributed by atoms with van der Waals surface area (Å²) >= 11 is 0. The molecule has 0 unspecified atom stereocenters. The van der Waals surface area contributed by atoms with E-state index in [-0.39, 0.29) is 24.5 Å². The molecule has 1 N–H and O–H groups in total. The van der Waals surface area contributed by atoms with Gasteiger partial charge >= 0.3 is 5.97 Å². The summed E-state index contributed by atoms with van der Waals surface area (Å²) in [5, 5.41) is 2.26. The number of amides is 1. The third kappa shape index (κ3) is 4.73. The molecule has 0 fully saturated rings. The summed E-state index contributed by atoms with van der Waals surface area (Å²) < 4.78 is 17.4. The van der Waals surface area contributed by atoms with Gasteiger partial charge in [0.05, 0.1) is 0 Å². The summed E-state index contributed by atoms with van der Waals surface area (Å²) in [6.07, 6.45) is 0. The molecule has 1 amide bonds. The number of rotatable bonds is 5. The molecule has 0 aliphatic rings. The van der Waals surface area contributed by atoms with Crippen LogP contribution in [0.4, 0.5) is 4.39 Å². The molecular formula is C12H12FNO4. The molecule has 0 heterocycles. The van der Waals surface area contributed by atoms with Gasteiger partial charge in [0, 0.05) is 5.56 Å². The lowest BCUT2D eigenvalue weighted by Gasteiger charge is -2.05. The first-order chi connectivity index (χ1) is 8.49. The maximum absolute atomic E-state index is 12.8. The minimum atomic E-state index is -0.727. The number of benzene rings is 1. The van der Waals surface area contributed by atoms with Gasteiger partial charge in [0.1, 0.15) is 19.0 Å². The number of Topliss-reactive ketones (excluding diaryl/α,β-unsaturated/α-hetero) is 1. The van der Waals surface area contributed by atoms with Crippen LogP contribution in [0.2, 0.25) is 0 Å². The van der Waals surface area contributed by atoms with E-state index < -0.39 is 17.7 Å². The largest absolute Gasteiger partial charge is 0.456 e. The number of nitrogens with one attached hydrogen (secondary N) is 1. The summed E-state index contributed by atoms with van der Waals surface area (Å²) in [5.74, 6) is -2.15. The molecule has 0 aliphatic heterocycles. The molecule has 1 aromatic rings. The fourth-order valence-electron chi connectivity index (χ4n) is 1.12. The topological polar surface area (TPSA) is 72.5 Å². The lowest BCUT2D eigenvalue weighted by Crippen LogP contribution is -2.31. The van der Waals surface area contributed by atoms with E-state index in [9.17, 15) is 18.8 Å². The van der Waals surface area contributed by atoms with Gasteiger partial charge < -0.3 is 10.1 Å². The van der Waals surface area contributed by atoms with Crippen molar-refractivity contribution < 1.29 is 23.5 Å². The normalized spacial score (nSPS) is 9.67. The summed E-state index contributed by atoms with van der Waals surface area (Å²) in [6.45, 7) is 0.579. The molecule has 1 aromatic carbocycles. The van der Waals surface area contributed by atoms with E-state index in [1.54, 1.807) is 0 Å². The van der Waals surface area contributed by atoms with Gasteiger partial charge in [0.25, 0.3) is 5.91 Å². The van der Waals surface area contributed by atoms with E-state index in [4.69, 9.17) is 0 Å². The number of ether oxygens (including phenoxy) is 1. The second-order valence-electron chi connectivity index (χ2n) is 3.56. The Morgan fingerprint density at radius 2 is 2.06 bits per heavy atom. The van der Waals surface area contributed by atoms with Crippen molar-refractivity contribution in [3.8, 4) is 0 Å². The third-order valence-electron chi connectivity index (χ3n) is 1.92. The number of hydrogen-bond acceptors (Lipinski definition) is 4. The van der Waals surface area contributed by atoms with Crippen LogP contribution in [0.1, 0.15) is 17.3 Å². The van der Waals surface area contributed by atoms with Crippen LogP contribution in [0.15, 0.2) is 24.3 Å². The van der Waals surface area contributed by atoms with Gasteiger partial charge in [-0.1, -0.05) is 6.07 Å². The summed E-state index contributed by atoms with van der Waals surface area (Å²) in [6, 6.07) is 5.06. The zero-order valence-corrected chi connectivity index (χ0v) is 9.73. The number of carbonyl (C=O) groups excluding carboxylic acids is 3. The Morgan fingerprint density at radius 1 is 1.33 bits per heavy atom. The SMILES string of the molecule is CC(=O)COC(=O)CNC(=O)c1cccc(F)c1. The molecule has 1 rings (SSSR count). The third-order valence-corrected chi connectivity index (χ3v) is 1.92. The second-order valence-corrected chi connectivity index (χ2v) is 3.56. The van der Waals surface area contributed by atoms with E-state index in [1.807, 2.05) is 0 Å². The standard InChI is InChI=1S/C12H12FNO4/c1-8(15)7-18-11(16)6-14-12(17)9-3-2-4-10(13)5-9/h2-5H,6-7H2,1H3,(H,14,17). The maximum Gasteiger partial charge on any atom is 0.325 e. The van der Waals surface area contributed by atoms with Gasteiger partial charge in [-0.2, -0.15) is 0 Å². The second kappa shape index (κ2) is 6.48. The van der Waals surface area contributed by atoms with Crippen molar-refractivity contribution in [1.29, 1.82) is 0 Å². The van der Waals surface area contributed by atoms with E-state index in [0.717, 1.165) is 6.07 Å². The Bertz CT molecular complexity index is 473. The molecular weight excluding hydrogens is 241 g/mol. The maximum atomic E-state index is 12.8. The number of hydrogen-bond donors (Lipinski definition) is 1. The van der Waals surface area contributed by atoms with E-state index in [2.05, 4.69) is 10.1 Å². The number of esters is 1. The van der Waals surface area contributed by atoms with Gasteiger partial charge in [-0.05, 0) is 25.1 Å². The highest BCUT2D eigenvalue weighted by Gasteiger charge is 2.09. The quantitative estimate of drug-likeness (QED) is 0.783. The predicted octanol–water partition coefficient (Wildman–Crippen LogP) is 0.688. The first-order valence-electron chi connectivity index (χ1n) is 5.18. The lowest BCUT2D eigenvalue weighted by atomic mass is 10.2. The minimum absolute atomic E-state index is 0.106. The van der Waals surface area contributed by atoms with Gasteiger partial charge in [0.2, 0.25) is 0 Å². The fraction of sp³-hybridized carbons (Fsp3) is 0.250. The predicted molar refractivity (Wildman–Crippen MR) is 60.4 cm³/mol. The van der Waals surface area contributed by atoms with Gasteiger partial charge in [-0.25, -0.2) is 4.39 Å². The van der Waals surface area contributed by atoms with Crippen LogP contribution in [0.25, 0.3) is 0 Å². The molecule has 0 aliphatic carbocycles. The number of carbonyl (C=O) groups is 3. The summed E-state index contributed by atoms with van der Waals surface area (Å²) in [5.41, 5.74) is 0.106. The van der Waals surface area contributed by atoms with Crippen molar-refractivity contribution >= 4 is 17.7 Å². The highest BCUT2D eigenvalue weighted by molar-refractivity contribution is 5.96. The van der Waals surface area contributed by atoms with Crippen LogP contribution in [-0.2, 0) is 14.3 Å². The first kappa shape index (κ1) is 13.8. The molecule has 5 nitrogen and oxygen atoms in total. The van der Waals surface area contributed by atoms with Crippen molar-refractivity contribution in [3.63, 3.8) is 0 Å². The zero-order valence-electron chi connectivity index (χ0n) is 9.73. The molecule has 96 valence electrons. The molecule has 6 heteroatoms. The van der Waals surface area contributed by atoms with Crippen LogP contribution in [-0.4, -0.2) is 30.8 Å². The highest BCUT2D eigenvalue weighted by atomic mass is 19.1. The van der Waals surface area contributed by atoms with Crippen molar-refractivity contribution in [2.45, 2.75) is 6.92 Å². The highest BCUT2D eigenvalue weighted by Crippen LogP contribution is 2.02. The first-order valence-corrected chi connectivity index (χ1v) is 5.18. The minimum Gasteiger partial charge on any atom is -0.456 e. The van der Waals surface area contributed by atoms with E-state index in [1.165, 1.54) is 25.1 Å². The Balaban J connectivity index is 2.42. The van der Waals surface area contributed by atoms with Gasteiger partial charge in [-0.3, -0.25) is 14.4 Å². The van der Waals surface area contributed by atoms with Crippen molar-refractivity contribution in [2.75, 3.05) is 13.2 Å². The van der Waals surface area contributed by atoms with Gasteiger partial charge in [0.15, 0.2) is 5.78 Å². The smallest absolute Gasteiger partial charge is 0.325 e. The van der Waals surface area contributed by atoms with Crippen LogP contribution >= 0.6 is 0 Å². The fourth-order valence-corrected chi connectivity index (χ4v) is 1.12. The molecule has 0 aromatic heterocycles. The molecule has 0 spiro atoms. The Hall–Kier alpha value is -2.24. The molecule has 0 saturated heterocycles. The molecule has 0 atom stereocenters. The van der Waals surface area contributed by atoms with Crippen LogP contribution in [0.3, 0.4) is 0 Å². The van der Waals surface area contributed by atoms with E-state index in [0.29, 0.717) is 0 Å². The Kier molecular flexibility index (Phi) is 4.98. The van der Waals surface area contributed by atoms with Crippen LogP contribution in [0, 0.1) is 5.82 Å². The monoisotopic (exact) mass is 253 g/mol. The lowest BCUT2D eigenvalue weighted by molar-refractivity contribution is -0.146. The van der Waals surface area contributed by atoms with Gasteiger partial charge in [-0.15, -0.1) is 0 Å².